The molecule has 28 heavy (non-hydrogen) atoms. The predicted molar refractivity (Wildman–Crippen MR) is 104 cm³/mol. The van der Waals surface area contributed by atoms with Crippen LogP contribution < -0.4 is 9.47 Å². The minimum Gasteiger partial charge on any atom is -0.493 e. The van der Waals surface area contributed by atoms with Crippen LogP contribution in [0.15, 0.2) is 48.1 Å². The van der Waals surface area contributed by atoms with Gasteiger partial charge in [-0.3, -0.25) is 14.6 Å². The molecule has 3 aromatic rings. The second kappa shape index (κ2) is 9.09. The second-order valence-electron chi connectivity index (χ2n) is 5.72. The van der Waals surface area contributed by atoms with Crippen molar-refractivity contribution in [3.05, 3.63) is 59.4 Å². The summed E-state index contributed by atoms with van der Waals surface area (Å²) in [6.45, 7) is -0.353. The number of ether oxygens (including phenoxy) is 3. The molecule has 0 spiro atoms. The zero-order chi connectivity index (χ0) is 19.9. The molecule has 144 valence electrons. The van der Waals surface area contributed by atoms with E-state index >= 15 is 0 Å². The van der Waals surface area contributed by atoms with E-state index < -0.39 is 5.97 Å². The van der Waals surface area contributed by atoms with E-state index in [0.717, 1.165) is 10.6 Å². The number of esters is 1. The lowest BCUT2D eigenvalue weighted by molar-refractivity contribution is -0.141. The summed E-state index contributed by atoms with van der Waals surface area (Å²) in [5, 5.41) is 2.57. The van der Waals surface area contributed by atoms with Crippen LogP contribution in [0, 0.1) is 0 Å². The molecule has 0 saturated heterocycles. The van der Waals surface area contributed by atoms with Gasteiger partial charge in [-0.25, -0.2) is 4.98 Å². The van der Waals surface area contributed by atoms with Crippen LogP contribution in [0.2, 0.25) is 0 Å². The molecule has 0 bridgehead atoms. The monoisotopic (exact) mass is 398 g/mol. The third kappa shape index (κ3) is 4.72. The number of Topliss-reactive ketones (excluding diaryl/α,β-unsaturated/α-hetero) is 1. The first-order valence-corrected chi connectivity index (χ1v) is 9.24. The van der Waals surface area contributed by atoms with Gasteiger partial charge >= 0.3 is 5.97 Å². The maximum atomic E-state index is 12.3. The van der Waals surface area contributed by atoms with Crippen molar-refractivity contribution in [1.82, 2.24) is 9.97 Å². The molecule has 0 aliphatic carbocycles. The third-order valence-electron chi connectivity index (χ3n) is 3.86. The Hall–Kier alpha value is -3.26. The quantitative estimate of drug-likeness (QED) is 0.425. The molecule has 2 aromatic heterocycles. The van der Waals surface area contributed by atoms with Crippen molar-refractivity contribution in [2.24, 2.45) is 0 Å². The summed E-state index contributed by atoms with van der Waals surface area (Å²) < 4.78 is 15.4. The molecule has 3 rings (SSSR count). The normalized spacial score (nSPS) is 10.4. The van der Waals surface area contributed by atoms with Crippen molar-refractivity contribution in [3.8, 4) is 22.1 Å². The Kier molecular flexibility index (Phi) is 6.33. The van der Waals surface area contributed by atoms with Crippen LogP contribution in [-0.2, 0) is 16.0 Å². The first-order valence-electron chi connectivity index (χ1n) is 8.36. The SMILES string of the molecule is COc1ccc(C(=O)COC(=O)Cc2csc(-c3cccnc3)n2)cc1OC. The average molecular weight is 398 g/mol. The molecule has 0 aliphatic rings. The lowest BCUT2D eigenvalue weighted by atomic mass is 10.1. The van der Waals surface area contributed by atoms with Crippen LogP contribution in [-0.4, -0.2) is 42.5 Å². The van der Waals surface area contributed by atoms with E-state index in [9.17, 15) is 9.59 Å². The zero-order valence-corrected chi connectivity index (χ0v) is 16.2. The highest BCUT2D eigenvalue weighted by atomic mass is 32.1. The summed E-state index contributed by atoms with van der Waals surface area (Å²) in [4.78, 5) is 32.8. The number of nitrogens with zero attached hydrogens (tertiary/aromatic N) is 2. The number of aromatic nitrogens is 2. The molecular formula is C20H18N2O5S. The Bertz CT molecular complexity index is 972. The topological polar surface area (TPSA) is 87.6 Å². The van der Waals surface area contributed by atoms with Gasteiger partial charge in [0, 0.05) is 28.9 Å². The molecule has 1 aromatic carbocycles. The van der Waals surface area contributed by atoms with E-state index in [1.807, 2.05) is 12.1 Å². The number of hydrogen-bond acceptors (Lipinski definition) is 8. The first-order chi connectivity index (χ1) is 13.6. The lowest BCUT2D eigenvalue weighted by Gasteiger charge is -2.09. The van der Waals surface area contributed by atoms with Gasteiger partial charge in [0.2, 0.25) is 0 Å². The van der Waals surface area contributed by atoms with Crippen LogP contribution >= 0.6 is 11.3 Å². The fraction of sp³-hybridized carbons (Fsp3) is 0.200. The van der Waals surface area contributed by atoms with Crippen LogP contribution in [0.5, 0.6) is 11.5 Å². The van der Waals surface area contributed by atoms with Crippen LogP contribution in [0.4, 0.5) is 0 Å². The minimum atomic E-state index is -0.517. The number of ketones is 1. The van der Waals surface area contributed by atoms with Gasteiger partial charge in [-0.05, 0) is 30.3 Å². The third-order valence-corrected chi connectivity index (χ3v) is 4.80. The Labute approximate surface area is 165 Å². The molecule has 0 fully saturated rings. The van der Waals surface area contributed by atoms with Crippen LogP contribution in [0.3, 0.4) is 0 Å². The molecule has 0 atom stereocenters. The maximum Gasteiger partial charge on any atom is 0.312 e. The summed E-state index contributed by atoms with van der Waals surface area (Å²) >= 11 is 1.42. The summed E-state index contributed by atoms with van der Waals surface area (Å²) in [5.41, 5.74) is 1.85. The van der Waals surface area contributed by atoms with E-state index in [1.165, 1.54) is 25.6 Å². The Morgan fingerprint density at radius 3 is 2.64 bits per heavy atom. The average Bonchev–Trinajstić information content (AvgIpc) is 3.20. The highest BCUT2D eigenvalue weighted by Gasteiger charge is 2.15. The molecule has 0 unspecified atom stereocenters. The number of carbonyl (C=O) groups is 2. The van der Waals surface area contributed by atoms with Gasteiger partial charge in [-0.2, -0.15) is 0 Å². The maximum absolute atomic E-state index is 12.3. The number of benzene rings is 1. The van der Waals surface area contributed by atoms with Gasteiger partial charge in [0.05, 0.1) is 26.3 Å². The van der Waals surface area contributed by atoms with Gasteiger partial charge in [-0.15, -0.1) is 11.3 Å². The number of thiazole rings is 1. The molecule has 0 N–H and O–H groups in total. The molecule has 8 heteroatoms. The second-order valence-corrected chi connectivity index (χ2v) is 6.57. The molecule has 0 amide bonds. The largest absolute Gasteiger partial charge is 0.493 e. The van der Waals surface area contributed by atoms with Gasteiger partial charge < -0.3 is 14.2 Å². The number of carbonyl (C=O) groups excluding carboxylic acids is 2. The van der Waals surface area contributed by atoms with Gasteiger partial charge in [-0.1, -0.05) is 0 Å². The van der Waals surface area contributed by atoms with E-state index in [1.54, 1.807) is 36.0 Å². The fourth-order valence-corrected chi connectivity index (χ4v) is 3.26. The lowest BCUT2D eigenvalue weighted by Crippen LogP contribution is -2.16. The highest BCUT2D eigenvalue weighted by Crippen LogP contribution is 2.27. The minimum absolute atomic E-state index is 0.00399. The molecule has 2 heterocycles. The molecule has 0 saturated carbocycles. The Morgan fingerprint density at radius 1 is 1.11 bits per heavy atom. The number of methoxy groups -OCH3 is 2. The molecule has 7 nitrogen and oxygen atoms in total. The smallest absolute Gasteiger partial charge is 0.312 e. The van der Waals surface area contributed by atoms with E-state index in [2.05, 4.69) is 9.97 Å². The van der Waals surface area contributed by atoms with Crippen molar-refractivity contribution in [1.29, 1.82) is 0 Å². The molecule has 0 aliphatic heterocycles. The van der Waals surface area contributed by atoms with E-state index in [-0.39, 0.29) is 18.8 Å². The van der Waals surface area contributed by atoms with Gasteiger partial charge in [0.25, 0.3) is 0 Å². The number of hydrogen-bond donors (Lipinski definition) is 0. The fourth-order valence-electron chi connectivity index (χ4n) is 2.45. The van der Waals surface area contributed by atoms with Crippen molar-refractivity contribution in [3.63, 3.8) is 0 Å². The van der Waals surface area contributed by atoms with Crippen molar-refractivity contribution < 1.29 is 23.8 Å². The zero-order valence-electron chi connectivity index (χ0n) is 15.4. The van der Waals surface area contributed by atoms with E-state index in [4.69, 9.17) is 14.2 Å². The number of pyridine rings is 1. The number of rotatable bonds is 8. The van der Waals surface area contributed by atoms with Crippen molar-refractivity contribution >= 4 is 23.1 Å². The summed E-state index contributed by atoms with van der Waals surface area (Å²) in [6, 6.07) is 8.50. The van der Waals surface area contributed by atoms with Crippen molar-refractivity contribution in [2.75, 3.05) is 20.8 Å². The van der Waals surface area contributed by atoms with E-state index in [0.29, 0.717) is 22.8 Å². The summed E-state index contributed by atoms with van der Waals surface area (Å²) in [7, 11) is 3.00. The van der Waals surface area contributed by atoms with Gasteiger partial charge in [0.1, 0.15) is 5.01 Å². The summed E-state index contributed by atoms with van der Waals surface area (Å²) in [6.07, 6.45) is 3.39. The summed E-state index contributed by atoms with van der Waals surface area (Å²) in [5.74, 6) is 0.106. The molecular weight excluding hydrogens is 380 g/mol. The van der Waals surface area contributed by atoms with Crippen LogP contribution in [0.1, 0.15) is 16.1 Å². The molecule has 0 radical (unpaired) electrons. The highest BCUT2D eigenvalue weighted by molar-refractivity contribution is 7.13. The Balaban J connectivity index is 1.56. The standard InChI is InChI=1S/C20H18N2O5S/c1-25-17-6-5-13(8-18(17)26-2)16(23)11-27-19(24)9-15-12-28-20(22-15)14-4-3-7-21-10-14/h3-8,10,12H,9,11H2,1-2H3. The Morgan fingerprint density at radius 2 is 1.93 bits per heavy atom. The first kappa shape index (κ1) is 19.5. The predicted octanol–water partition coefficient (Wildman–Crippen LogP) is 3.19. The van der Waals surface area contributed by atoms with Crippen molar-refractivity contribution in [2.45, 2.75) is 6.42 Å². The van der Waals surface area contributed by atoms with Gasteiger partial charge in [0.15, 0.2) is 23.9 Å². The van der Waals surface area contributed by atoms with Crippen LogP contribution in [0.25, 0.3) is 10.6 Å².